The zero-order valence-corrected chi connectivity index (χ0v) is 14.7. The highest BCUT2D eigenvalue weighted by molar-refractivity contribution is 9.10. The number of rotatable bonds is 5. The highest BCUT2D eigenvalue weighted by Crippen LogP contribution is 2.28. The van der Waals surface area contributed by atoms with Gasteiger partial charge in [-0.2, -0.15) is 0 Å². The van der Waals surface area contributed by atoms with E-state index in [0.29, 0.717) is 11.0 Å². The Morgan fingerprint density at radius 3 is 2.64 bits per heavy atom. The molecule has 0 radical (unpaired) electrons. The largest absolute Gasteiger partial charge is 0.489 e. The van der Waals surface area contributed by atoms with Crippen LogP contribution < -0.4 is 4.74 Å². The van der Waals surface area contributed by atoms with Gasteiger partial charge in [0, 0.05) is 10.5 Å². The fraction of sp³-hybridized carbons (Fsp3) is 0.562. The third-order valence-corrected chi connectivity index (χ3v) is 3.59. The molecule has 1 aliphatic rings. The lowest BCUT2D eigenvalue weighted by molar-refractivity contribution is 0.0208. The first-order valence-electron chi connectivity index (χ1n) is 7.34. The van der Waals surface area contributed by atoms with Crippen molar-refractivity contribution < 1.29 is 18.7 Å². The predicted octanol–water partition coefficient (Wildman–Crippen LogP) is 4.37. The molecule has 0 N–H and O–H groups in total. The van der Waals surface area contributed by atoms with Gasteiger partial charge in [0.05, 0.1) is 6.54 Å². The molecule has 0 aromatic heterocycles. The molecule has 0 spiro atoms. The summed E-state index contributed by atoms with van der Waals surface area (Å²) < 4.78 is 25.2. The summed E-state index contributed by atoms with van der Waals surface area (Å²) in [6, 6.07) is 4.84. The lowest BCUT2D eigenvalue weighted by Crippen LogP contribution is -2.40. The summed E-state index contributed by atoms with van der Waals surface area (Å²) >= 11 is 3.20. The topological polar surface area (TPSA) is 38.8 Å². The van der Waals surface area contributed by atoms with Crippen molar-refractivity contribution in [2.75, 3.05) is 13.2 Å². The van der Waals surface area contributed by atoms with E-state index < -0.39 is 11.4 Å². The van der Waals surface area contributed by atoms with E-state index in [2.05, 4.69) is 15.9 Å². The smallest absolute Gasteiger partial charge is 0.410 e. The van der Waals surface area contributed by atoms with Crippen molar-refractivity contribution in [2.45, 2.75) is 45.3 Å². The fourth-order valence-corrected chi connectivity index (χ4v) is 2.31. The number of hydrogen-bond donors (Lipinski definition) is 0. The maximum Gasteiger partial charge on any atom is 0.410 e. The molecule has 2 rings (SSSR count). The molecule has 1 aromatic carbocycles. The van der Waals surface area contributed by atoms with Gasteiger partial charge in [-0.05, 0) is 51.8 Å². The molecule has 4 nitrogen and oxygen atoms in total. The van der Waals surface area contributed by atoms with Crippen molar-refractivity contribution >= 4 is 22.0 Å². The molecule has 1 amide bonds. The molecule has 1 saturated carbocycles. The first-order valence-corrected chi connectivity index (χ1v) is 8.13. The van der Waals surface area contributed by atoms with Gasteiger partial charge in [0.1, 0.15) is 12.2 Å². The van der Waals surface area contributed by atoms with Crippen molar-refractivity contribution in [1.29, 1.82) is 0 Å². The van der Waals surface area contributed by atoms with E-state index in [1.165, 1.54) is 6.07 Å². The van der Waals surface area contributed by atoms with Crippen LogP contribution in [0.15, 0.2) is 22.7 Å². The van der Waals surface area contributed by atoms with Crippen LogP contribution in [0.5, 0.6) is 5.75 Å². The number of carbonyl (C=O) groups is 1. The van der Waals surface area contributed by atoms with Crippen LogP contribution in [0.25, 0.3) is 0 Å². The number of hydrogen-bond acceptors (Lipinski definition) is 3. The Hall–Kier alpha value is -1.30. The van der Waals surface area contributed by atoms with Gasteiger partial charge in [0.15, 0.2) is 11.6 Å². The van der Waals surface area contributed by atoms with Crippen LogP contribution in [0.2, 0.25) is 0 Å². The summed E-state index contributed by atoms with van der Waals surface area (Å²) in [4.78, 5) is 13.8. The highest BCUT2D eigenvalue weighted by Gasteiger charge is 2.35. The van der Waals surface area contributed by atoms with Gasteiger partial charge >= 0.3 is 6.09 Å². The van der Waals surface area contributed by atoms with E-state index in [1.54, 1.807) is 17.0 Å². The van der Waals surface area contributed by atoms with Crippen molar-refractivity contribution in [3.63, 3.8) is 0 Å². The second-order valence-electron chi connectivity index (χ2n) is 6.33. The van der Waals surface area contributed by atoms with Crippen LogP contribution in [0.3, 0.4) is 0 Å². The first kappa shape index (κ1) is 17.1. The Bertz CT molecular complexity index is 541. The van der Waals surface area contributed by atoms with E-state index in [4.69, 9.17) is 9.47 Å². The molecule has 0 atom stereocenters. The van der Waals surface area contributed by atoms with Crippen molar-refractivity contribution in [3.8, 4) is 5.75 Å². The van der Waals surface area contributed by atoms with Gasteiger partial charge in [-0.3, -0.25) is 0 Å². The second kappa shape index (κ2) is 6.86. The molecule has 6 heteroatoms. The zero-order valence-electron chi connectivity index (χ0n) is 13.1. The second-order valence-corrected chi connectivity index (χ2v) is 7.24. The van der Waals surface area contributed by atoms with E-state index in [1.807, 2.05) is 20.8 Å². The molecule has 0 unspecified atom stereocenters. The maximum absolute atomic E-state index is 13.7. The minimum Gasteiger partial charge on any atom is -0.489 e. The molecule has 1 aliphatic carbocycles. The minimum absolute atomic E-state index is 0.183. The lowest BCUT2D eigenvalue weighted by atomic mass is 10.2. The summed E-state index contributed by atoms with van der Waals surface area (Å²) in [7, 11) is 0. The summed E-state index contributed by atoms with van der Waals surface area (Å²) in [6.45, 7) is 6.13. The minimum atomic E-state index is -0.525. The monoisotopic (exact) mass is 373 g/mol. The molecule has 22 heavy (non-hydrogen) atoms. The van der Waals surface area contributed by atoms with Crippen molar-refractivity contribution in [2.24, 2.45) is 0 Å². The molecule has 0 saturated heterocycles. The lowest BCUT2D eigenvalue weighted by Gasteiger charge is -2.27. The number of benzene rings is 1. The molecular weight excluding hydrogens is 353 g/mol. The van der Waals surface area contributed by atoms with Gasteiger partial charge in [-0.15, -0.1) is 0 Å². The van der Waals surface area contributed by atoms with Crippen LogP contribution in [-0.4, -0.2) is 35.8 Å². The maximum atomic E-state index is 13.7. The number of carbonyl (C=O) groups excluding carboxylic acids is 1. The third kappa shape index (κ3) is 5.16. The Balaban J connectivity index is 1.88. The molecule has 0 heterocycles. The summed E-state index contributed by atoms with van der Waals surface area (Å²) in [5.41, 5.74) is -0.525. The van der Waals surface area contributed by atoms with Crippen molar-refractivity contribution in [3.05, 3.63) is 28.5 Å². The fourth-order valence-electron chi connectivity index (χ4n) is 1.98. The van der Waals surface area contributed by atoms with E-state index >= 15 is 0 Å². The predicted molar refractivity (Wildman–Crippen MR) is 85.6 cm³/mol. The van der Waals surface area contributed by atoms with Gasteiger partial charge in [0.25, 0.3) is 0 Å². The molecule has 0 bridgehead atoms. The van der Waals surface area contributed by atoms with Crippen molar-refractivity contribution in [1.82, 2.24) is 4.90 Å². The summed E-state index contributed by atoms with van der Waals surface area (Å²) in [6.07, 6.45) is 1.62. The van der Waals surface area contributed by atoms with Gasteiger partial charge in [-0.25, -0.2) is 9.18 Å². The van der Waals surface area contributed by atoms with Crippen LogP contribution in [0.1, 0.15) is 33.6 Å². The number of amides is 1. The SMILES string of the molecule is CC(C)(C)OC(=O)N(CCOc1ccc(Br)cc1F)C1CC1. The first-order chi connectivity index (χ1) is 10.3. The number of ether oxygens (including phenoxy) is 2. The molecule has 1 aromatic rings. The van der Waals surface area contributed by atoms with E-state index in [-0.39, 0.29) is 24.5 Å². The Morgan fingerprint density at radius 1 is 1.41 bits per heavy atom. The molecule has 0 aliphatic heterocycles. The molecular formula is C16H21BrFNO3. The van der Waals surface area contributed by atoms with Gasteiger partial charge in [-0.1, -0.05) is 15.9 Å². The van der Waals surface area contributed by atoms with Crippen LogP contribution in [0.4, 0.5) is 9.18 Å². The Kier molecular flexibility index (Phi) is 5.32. The zero-order chi connectivity index (χ0) is 16.3. The third-order valence-electron chi connectivity index (χ3n) is 3.10. The standard InChI is InChI=1S/C16H21BrFNO3/c1-16(2,3)22-15(20)19(12-5-6-12)8-9-21-14-7-4-11(17)10-13(14)18/h4,7,10,12H,5-6,8-9H2,1-3H3. The summed E-state index contributed by atoms with van der Waals surface area (Å²) in [5, 5.41) is 0. The Morgan fingerprint density at radius 2 is 2.09 bits per heavy atom. The van der Waals surface area contributed by atoms with Gasteiger partial charge < -0.3 is 14.4 Å². The van der Waals surface area contributed by atoms with Gasteiger partial charge in [0.2, 0.25) is 0 Å². The van der Waals surface area contributed by atoms with E-state index in [0.717, 1.165) is 12.8 Å². The summed E-state index contributed by atoms with van der Waals surface area (Å²) in [5.74, 6) is -0.243. The van der Waals surface area contributed by atoms with Crippen LogP contribution in [0, 0.1) is 5.82 Å². The molecule has 1 fully saturated rings. The normalized spacial score (nSPS) is 14.6. The molecule has 122 valence electrons. The van der Waals surface area contributed by atoms with Crippen LogP contribution >= 0.6 is 15.9 Å². The van der Waals surface area contributed by atoms with E-state index in [9.17, 15) is 9.18 Å². The number of halogens is 2. The number of nitrogens with zero attached hydrogens (tertiary/aromatic N) is 1. The quantitative estimate of drug-likeness (QED) is 0.769. The Labute approximate surface area is 138 Å². The average molecular weight is 374 g/mol. The van der Waals surface area contributed by atoms with Crippen LogP contribution in [-0.2, 0) is 4.74 Å². The highest BCUT2D eigenvalue weighted by atomic mass is 79.9. The average Bonchev–Trinajstić information content (AvgIpc) is 3.18.